The molecule has 0 radical (unpaired) electrons. The number of unbranched alkanes of at least 4 members (excludes halogenated alkanes) is 1. The maximum atomic E-state index is 13.1. The average Bonchev–Trinajstić information content (AvgIpc) is 3.32. The molecule has 134 valence electrons. The molecule has 26 heavy (non-hydrogen) atoms. The average molecular weight is 347 g/mol. The highest BCUT2D eigenvalue weighted by atomic mass is 16.2. The van der Waals surface area contributed by atoms with Crippen molar-refractivity contribution in [3.05, 3.63) is 65.5 Å². The molecule has 1 aliphatic heterocycles. The summed E-state index contributed by atoms with van der Waals surface area (Å²) in [5.74, 6) is 1.01. The highest BCUT2D eigenvalue weighted by Crippen LogP contribution is 2.32. The summed E-state index contributed by atoms with van der Waals surface area (Å²) >= 11 is 0. The third-order valence-corrected chi connectivity index (χ3v) is 5.26. The molecule has 1 aromatic heterocycles. The van der Waals surface area contributed by atoms with Gasteiger partial charge in [0.2, 0.25) is 0 Å². The molecule has 2 aromatic carbocycles. The van der Waals surface area contributed by atoms with E-state index in [2.05, 4.69) is 24.0 Å². The zero-order chi connectivity index (χ0) is 17.9. The highest BCUT2D eigenvalue weighted by molar-refractivity contribution is 5.94. The summed E-state index contributed by atoms with van der Waals surface area (Å²) in [7, 11) is 0. The number of carbonyl (C=O) groups is 1. The number of likely N-dealkylation sites (tertiary alicyclic amines) is 1. The highest BCUT2D eigenvalue weighted by Gasteiger charge is 2.32. The minimum Gasteiger partial charge on any atom is -0.340 e. The number of para-hydroxylation sites is 2. The number of rotatable bonds is 5. The summed E-state index contributed by atoms with van der Waals surface area (Å²) in [6, 6.07) is 16.2. The molecule has 4 rings (SSSR count). The lowest BCUT2D eigenvalue weighted by Gasteiger charge is -2.23. The van der Waals surface area contributed by atoms with Crippen LogP contribution in [0.3, 0.4) is 0 Å². The smallest absolute Gasteiger partial charge is 0.254 e. The minimum absolute atomic E-state index is 0.0367. The van der Waals surface area contributed by atoms with Crippen LogP contribution in [0.5, 0.6) is 0 Å². The number of fused-ring (bicyclic) bond motifs is 1. The number of amides is 1. The lowest BCUT2D eigenvalue weighted by Crippen LogP contribution is -2.31. The third kappa shape index (κ3) is 3.24. The number of carbonyl (C=O) groups excluding carboxylic acids is 1. The summed E-state index contributed by atoms with van der Waals surface area (Å²) in [4.78, 5) is 23.1. The molecule has 0 saturated carbocycles. The monoisotopic (exact) mass is 347 g/mol. The van der Waals surface area contributed by atoms with Crippen molar-refractivity contribution < 1.29 is 4.79 Å². The fourth-order valence-corrected chi connectivity index (χ4v) is 3.79. The number of imidazole rings is 1. The van der Waals surface area contributed by atoms with Crippen LogP contribution < -0.4 is 0 Å². The third-order valence-electron chi connectivity index (χ3n) is 5.26. The first kappa shape index (κ1) is 16.8. The van der Waals surface area contributed by atoms with E-state index < -0.39 is 0 Å². The van der Waals surface area contributed by atoms with Gasteiger partial charge in [0.15, 0.2) is 0 Å². The number of hydrogen-bond donors (Lipinski definition) is 1. The summed E-state index contributed by atoms with van der Waals surface area (Å²) < 4.78 is 0. The van der Waals surface area contributed by atoms with Crippen LogP contribution >= 0.6 is 0 Å². The topological polar surface area (TPSA) is 49.0 Å². The van der Waals surface area contributed by atoms with Gasteiger partial charge >= 0.3 is 0 Å². The second kappa shape index (κ2) is 7.32. The van der Waals surface area contributed by atoms with Crippen LogP contribution in [0.1, 0.15) is 60.4 Å². The van der Waals surface area contributed by atoms with E-state index in [-0.39, 0.29) is 11.9 Å². The second-order valence-electron chi connectivity index (χ2n) is 7.10. The van der Waals surface area contributed by atoms with Crippen molar-refractivity contribution in [1.29, 1.82) is 0 Å². The van der Waals surface area contributed by atoms with Crippen LogP contribution in [-0.2, 0) is 6.42 Å². The van der Waals surface area contributed by atoms with Crippen LogP contribution in [-0.4, -0.2) is 27.3 Å². The summed E-state index contributed by atoms with van der Waals surface area (Å²) in [5, 5.41) is 0. The van der Waals surface area contributed by atoms with Crippen LogP contribution in [0.25, 0.3) is 11.0 Å². The molecule has 1 unspecified atom stereocenters. The minimum atomic E-state index is 0.0367. The summed E-state index contributed by atoms with van der Waals surface area (Å²) in [6.07, 6.45) is 5.43. The van der Waals surface area contributed by atoms with E-state index in [4.69, 9.17) is 4.98 Å². The summed E-state index contributed by atoms with van der Waals surface area (Å²) in [6.45, 7) is 2.99. The molecule has 1 fully saturated rings. The number of nitrogens with zero attached hydrogens (tertiary/aromatic N) is 2. The Balaban J connectivity index is 1.54. The number of aromatic amines is 1. The first-order valence-corrected chi connectivity index (χ1v) is 9.61. The molecule has 4 nitrogen and oxygen atoms in total. The van der Waals surface area contributed by atoms with Crippen LogP contribution in [0.15, 0.2) is 48.5 Å². The summed E-state index contributed by atoms with van der Waals surface area (Å²) in [5.41, 5.74) is 4.07. The molecule has 0 spiro atoms. The number of benzene rings is 2. The van der Waals surface area contributed by atoms with Gasteiger partial charge in [0, 0.05) is 12.1 Å². The molecule has 1 N–H and O–H groups in total. The zero-order valence-corrected chi connectivity index (χ0v) is 15.2. The van der Waals surface area contributed by atoms with Gasteiger partial charge in [-0.15, -0.1) is 0 Å². The van der Waals surface area contributed by atoms with Gasteiger partial charge in [-0.3, -0.25) is 4.79 Å². The Hall–Kier alpha value is -2.62. The Labute approximate surface area is 154 Å². The van der Waals surface area contributed by atoms with Crippen molar-refractivity contribution in [1.82, 2.24) is 14.9 Å². The molecule has 2 heterocycles. The molecule has 0 aliphatic carbocycles. The van der Waals surface area contributed by atoms with E-state index in [1.54, 1.807) is 0 Å². The fourth-order valence-electron chi connectivity index (χ4n) is 3.79. The first-order chi connectivity index (χ1) is 12.8. The quantitative estimate of drug-likeness (QED) is 0.715. The molecular formula is C22H25N3O. The van der Waals surface area contributed by atoms with Gasteiger partial charge < -0.3 is 9.88 Å². The van der Waals surface area contributed by atoms with Gasteiger partial charge in [0.05, 0.1) is 17.1 Å². The molecule has 4 heteroatoms. The predicted molar refractivity (Wildman–Crippen MR) is 104 cm³/mol. The van der Waals surface area contributed by atoms with Crippen molar-refractivity contribution in [3.63, 3.8) is 0 Å². The number of H-pyrrole nitrogens is 1. The molecular weight excluding hydrogens is 322 g/mol. The molecule has 0 bridgehead atoms. The largest absolute Gasteiger partial charge is 0.340 e. The van der Waals surface area contributed by atoms with E-state index >= 15 is 0 Å². The van der Waals surface area contributed by atoms with Crippen molar-refractivity contribution >= 4 is 16.9 Å². The Morgan fingerprint density at radius 1 is 1.19 bits per heavy atom. The van der Waals surface area contributed by atoms with E-state index in [9.17, 15) is 4.79 Å². The van der Waals surface area contributed by atoms with Crippen LogP contribution in [0, 0.1) is 0 Å². The van der Waals surface area contributed by atoms with Crippen LogP contribution in [0.4, 0.5) is 0 Å². The van der Waals surface area contributed by atoms with Gasteiger partial charge in [-0.05, 0) is 55.5 Å². The molecule has 1 saturated heterocycles. The van der Waals surface area contributed by atoms with Gasteiger partial charge in [0.1, 0.15) is 5.82 Å². The van der Waals surface area contributed by atoms with Gasteiger partial charge in [0.25, 0.3) is 5.91 Å². The maximum absolute atomic E-state index is 13.1. The Morgan fingerprint density at radius 3 is 2.77 bits per heavy atom. The van der Waals surface area contributed by atoms with E-state index in [0.29, 0.717) is 0 Å². The van der Waals surface area contributed by atoms with Gasteiger partial charge in [-0.2, -0.15) is 0 Å². The van der Waals surface area contributed by atoms with Gasteiger partial charge in [-0.1, -0.05) is 37.6 Å². The van der Waals surface area contributed by atoms with Crippen molar-refractivity contribution in [3.8, 4) is 0 Å². The number of hydrogen-bond acceptors (Lipinski definition) is 2. The van der Waals surface area contributed by atoms with Gasteiger partial charge in [-0.25, -0.2) is 4.98 Å². The van der Waals surface area contributed by atoms with Crippen molar-refractivity contribution in [2.45, 2.75) is 45.1 Å². The van der Waals surface area contributed by atoms with Crippen molar-refractivity contribution in [2.75, 3.05) is 6.54 Å². The Kier molecular flexibility index (Phi) is 4.74. The second-order valence-corrected chi connectivity index (χ2v) is 7.10. The van der Waals surface area contributed by atoms with E-state index in [1.807, 2.05) is 41.3 Å². The lowest BCUT2D eigenvalue weighted by molar-refractivity contribution is 0.0730. The van der Waals surface area contributed by atoms with E-state index in [1.165, 1.54) is 18.4 Å². The SMILES string of the molecule is CCCCc1ccc(C(=O)N2CCCC2c2nc3ccccc3[nH]2)cc1. The van der Waals surface area contributed by atoms with Crippen LogP contribution in [0.2, 0.25) is 0 Å². The molecule has 1 atom stereocenters. The molecule has 3 aromatic rings. The maximum Gasteiger partial charge on any atom is 0.254 e. The number of aryl methyl sites for hydroxylation is 1. The van der Waals surface area contributed by atoms with Crippen molar-refractivity contribution in [2.24, 2.45) is 0 Å². The molecule has 1 aliphatic rings. The number of nitrogens with one attached hydrogen (secondary N) is 1. The Bertz CT molecular complexity index is 864. The lowest BCUT2D eigenvalue weighted by atomic mass is 10.1. The fraction of sp³-hybridized carbons (Fsp3) is 0.364. The normalized spacial score (nSPS) is 17.1. The standard InChI is InChI=1S/C22H25N3O/c1-2-3-7-16-11-13-17(14-12-16)22(26)25-15-6-10-20(25)21-23-18-8-4-5-9-19(18)24-21/h4-5,8-9,11-14,20H,2-3,6-7,10,15H2,1H3,(H,23,24). The first-order valence-electron chi connectivity index (χ1n) is 9.61. The zero-order valence-electron chi connectivity index (χ0n) is 15.2. The predicted octanol–water partition coefficient (Wildman–Crippen LogP) is 4.88. The Morgan fingerprint density at radius 2 is 2.00 bits per heavy atom. The molecule has 1 amide bonds. The number of aromatic nitrogens is 2. The van der Waals surface area contributed by atoms with E-state index in [0.717, 1.165) is 48.2 Å².